The molecular weight excluding hydrogens is 203 g/mol. The SMILES string of the molecule is [H-].[Li+].c1cc2c3c(c[nH]c3c1)C[C@H]1NCCC[C@H]21. The van der Waals surface area contributed by atoms with Gasteiger partial charge in [0.2, 0.25) is 0 Å². The third-order valence-corrected chi connectivity index (χ3v) is 4.24. The Hall–Kier alpha value is -0.683. The van der Waals surface area contributed by atoms with Crippen molar-refractivity contribution in [2.75, 3.05) is 6.54 Å². The summed E-state index contributed by atoms with van der Waals surface area (Å²) in [6.07, 6.45) is 6.06. The number of fused-ring (bicyclic) bond motifs is 2. The number of H-pyrrole nitrogens is 1. The Morgan fingerprint density at radius 3 is 3.18 bits per heavy atom. The van der Waals surface area contributed by atoms with Gasteiger partial charge in [0.25, 0.3) is 0 Å². The number of hydrogen-bond acceptors (Lipinski definition) is 1. The molecule has 84 valence electrons. The second kappa shape index (κ2) is 4.21. The van der Waals surface area contributed by atoms with Gasteiger partial charge in [-0.25, -0.2) is 0 Å². The average Bonchev–Trinajstić information content (AvgIpc) is 2.75. The van der Waals surface area contributed by atoms with Gasteiger partial charge < -0.3 is 11.7 Å². The summed E-state index contributed by atoms with van der Waals surface area (Å²) in [5, 5.41) is 5.19. The van der Waals surface area contributed by atoms with E-state index in [1.165, 1.54) is 42.3 Å². The van der Waals surface area contributed by atoms with Crippen LogP contribution >= 0.6 is 0 Å². The standard InChI is InChI=1S/C14H16N2.Li.H/c1-3-11-10-4-2-6-15-13(10)7-9-8-16-12(5-1)14(9)11;;/h1,3,5,8,10,13,15-16H,2,4,6-7H2;;/q;+1;-1/t10-,13-;;/m1../s1. The van der Waals surface area contributed by atoms with E-state index in [-0.39, 0.29) is 20.3 Å². The monoisotopic (exact) mass is 220 g/mol. The van der Waals surface area contributed by atoms with Crippen LogP contribution in [0.2, 0.25) is 0 Å². The van der Waals surface area contributed by atoms with Crippen LogP contribution in [0.4, 0.5) is 0 Å². The minimum Gasteiger partial charge on any atom is -1.00 e. The molecule has 2 heterocycles. The Morgan fingerprint density at radius 1 is 1.29 bits per heavy atom. The molecule has 2 aromatic rings. The summed E-state index contributed by atoms with van der Waals surface area (Å²) in [5.41, 5.74) is 4.38. The van der Waals surface area contributed by atoms with E-state index in [1.54, 1.807) is 5.56 Å². The van der Waals surface area contributed by atoms with Crippen molar-refractivity contribution in [1.82, 2.24) is 10.3 Å². The maximum atomic E-state index is 3.68. The fourth-order valence-corrected chi connectivity index (χ4v) is 3.53. The molecule has 3 heteroatoms. The van der Waals surface area contributed by atoms with Gasteiger partial charge in [-0.2, -0.15) is 0 Å². The van der Waals surface area contributed by atoms with E-state index in [9.17, 15) is 0 Å². The molecule has 0 bridgehead atoms. The van der Waals surface area contributed by atoms with Crippen LogP contribution in [0.5, 0.6) is 0 Å². The van der Waals surface area contributed by atoms with Crippen molar-refractivity contribution in [3.8, 4) is 0 Å². The summed E-state index contributed by atoms with van der Waals surface area (Å²) in [4.78, 5) is 3.40. The molecule has 1 fully saturated rings. The predicted molar refractivity (Wildman–Crippen MR) is 66.9 cm³/mol. The molecule has 0 saturated carbocycles. The minimum absolute atomic E-state index is 0. The first-order chi connectivity index (χ1) is 7.93. The Morgan fingerprint density at radius 2 is 2.24 bits per heavy atom. The maximum Gasteiger partial charge on any atom is 1.00 e. The summed E-state index contributed by atoms with van der Waals surface area (Å²) in [6, 6.07) is 7.37. The van der Waals surface area contributed by atoms with Crippen molar-refractivity contribution < 1.29 is 20.3 Å². The number of benzene rings is 1. The van der Waals surface area contributed by atoms with Gasteiger partial charge in [-0.05, 0) is 43.0 Å². The van der Waals surface area contributed by atoms with E-state index in [2.05, 4.69) is 34.7 Å². The van der Waals surface area contributed by atoms with Gasteiger partial charge in [0.1, 0.15) is 0 Å². The summed E-state index contributed by atoms with van der Waals surface area (Å²) in [7, 11) is 0. The minimum atomic E-state index is 0. The zero-order valence-electron chi connectivity index (χ0n) is 11.3. The second-order valence-corrected chi connectivity index (χ2v) is 5.10. The first-order valence-electron chi connectivity index (χ1n) is 6.26. The van der Waals surface area contributed by atoms with Crippen LogP contribution in [0, 0.1) is 0 Å². The van der Waals surface area contributed by atoms with Crippen molar-refractivity contribution in [2.24, 2.45) is 0 Å². The van der Waals surface area contributed by atoms with Crippen molar-refractivity contribution in [2.45, 2.75) is 31.2 Å². The Kier molecular flexibility index (Phi) is 2.82. The third kappa shape index (κ3) is 1.59. The zero-order chi connectivity index (χ0) is 10.5. The quantitative estimate of drug-likeness (QED) is 0.585. The molecular formula is C14H17LiN2. The summed E-state index contributed by atoms with van der Waals surface area (Å²) in [5.74, 6) is 0.737. The second-order valence-electron chi connectivity index (χ2n) is 5.10. The number of rotatable bonds is 0. The maximum absolute atomic E-state index is 3.68. The van der Waals surface area contributed by atoms with Crippen molar-refractivity contribution in [3.05, 3.63) is 35.5 Å². The largest absolute Gasteiger partial charge is 1.00 e. The van der Waals surface area contributed by atoms with Crippen LogP contribution in [0.1, 0.15) is 31.3 Å². The van der Waals surface area contributed by atoms with Gasteiger partial charge in [-0.15, -0.1) is 0 Å². The topological polar surface area (TPSA) is 27.8 Å². The van der Waals surface area contributed by atoms with Gasteiger partial charge in [0, 0.05) is 29.1 Å². The smallest absolute Gasteiger partial charge is 1.00 e. The molecule has 1 aromatic heterocycles. The van der Waals surface area contributed by atoms with Gasteiger partial charge >= 0.3 is 18.9 Å². The molecule has 2 aliphatic rings. The molecule has 0 amide bonds. The molecule has 0 spiro atoms. The molecule has 2 atom stereocenters. The fourth-order valence-electron chi connectivity index (χ4n) is 3.53. The van der Waals surface area contributed by atoms with E-state index < -0.39 is 0 Å². The van der Waals surface area contributed by atoms with Gasteiger partial charge in [0.15, 0.2) is 0 Å². The van der Waals surface area contributed by atoms with Gasteiger partial charge in [0.05, 0.1) is 0 Å². The predicted octanol–water partition coefficient (Wildman–Crippen LogP) is -0.324. The van der Waals surface area contributed by atoms with E-state index in [0.29, 0.717) is 6.04 Å². The van der Waals surface area contributed by atoms with E-state index in [4.69, 9.17) is 0 Å². The number of aromatic nitrogens is 1. The summed E-state index contributed by atoms with van der Waals surface area (Å²) < 4.78 is 0. The van der Waals surface area contributed by atoms with Gasteiger partial charge in [-0.1, -0.05) is 12.1 Å². The Bertz CT molecular complexity index is 552. The zero-order valence-corrected chi connectivity index (χ0v) is 10.3. The van der Waals surface area contributed by atoms with Crippen LogP contribution < -0.4 is 24.2 Å². The number of hydrogen-bond donors (Lipinski definition) is 2. The summed E-state index contributed by atoms with van der Waals surface area (Å²) in [6.45, 7) is 1.19. The Labute approximate surface area is 115 Å². The number of nitrogens with one attached hydrogen (secondary N) is 2. The van der Waals surface area contributed by atoms with E-state index >= 15 is 0 Å². The van der Waals surface area contributed by atoms with Crippen LogP contribution in [-0.4, -0.2) is 17.6 Å². The molecule has 1 aliphatic heterocycles. The normalized spacial score (nSPS) is 26.4. The molecule has 0 radical (unpaired) electrons. The van der Waals surface area contributed by atoms with Crippen molar-refractivity contribution in [1.29, 1.82) is 0 Å². The molecule has 2 nitrogen and oxygen atoms in total. The molecule has 4 rings (SSSR count). The first kappa shape index (κ1) is 11.4. The number of aromatic amines is 1. The van der Waals surface area contributed by atoms with E-state index in [1.807, 2.05) is 0 Å². The number of piperidine rings is 1. The van der Waals surface area contributed by atoms with Gasteiger partial charge in [-0.3, -0.25) is 0 Å². The fraction of sp³-hybridized carbons (Fsp3) is 0.429. The molecule has 1 aliphatic carbocycles. The molecule has 2 N–H and O–H groups in total. The van der Waals surface area contributed by atoms with Crippen LogP contribution in [0.3, 0.4) is 0 Å². The molecule has 1 saturated heterocycles. The van der Waals surface area contributed by atoms with Crippen LogP contribution in [0.15, 0.2) is 24.4 Å². The molecule has 17 heavy (non-hydrogen) atoms. The van der Waals surface area contributed by atoms with E-state index in [0.717, 1.165) is 5.92 Å². The van der Waals surface area contributed by atoms with Crippen molar-refractivity contribution >= 4 is 10.9 Å². The Balaban J connectivity index is 0.000000602. The van der Waals surface area contributed by atoms with Crippen molar-refractivity contribution in [3.63, 3.8) is 0 Å². The van der Waals surface area contributed by atoms with Crippen LogP contribution in [0.25, 0.3) is 10.9 Å². The average molecular weight is 220 g/mol. The van der Waals surface area contributed by atoms with Crippen LogP contribution in [-0.2, 0) is 6.42 Å². The third-order valence-electron chi connectivity index (χ3n) is 4.24. The summed E-state index contributed by atoms with van der Waals surface area (Å²) >= 11 is 0. The molecule has 1 aromatic carbocycles. The first-order valence-corrected chi connectivity index (χ1v) is 6.26. The molecule has 0 unspecified atom stereocenters.